The number of halogens is 1. The van der Waals surface area contributed by atoms with Gasteiger partial charge in [0.15, 0.2) is 0 Å². The second kappa shape index (κ2) is 9.07. The summed E-state index contributed by atoms with van der Waals surface area (Å²) >= 11 is 2.04. The first kappa shape index (κ1) is 18.8. The van der Waals surface area contributed by atoms with Crippen molar-refractivity contribution in [1.82, 2.24) is 15.0 Å². The molecule has 3 aromatic rings. The van der Waals surface area contributed by atoms with Crippen molar-refractivity contribution >= 4 is 40.5 Å². The minimum absolute atomic E-state index is 0.192. The molecule has 1 aromatic heterocycles. The fraction of sp³-hybridized carbons (Fsp3) is 0.0526. The summed E-state index contributed by atoms with van der Waals surface area (Å²) in [5, 5.41) is 0. The van der Waals surface area contributed by atoms with Crippen molar-refractivity contribution in [3.63, 3.8) is 0 Å². The zero-order valence-electron chi connectivity index (χ0n) is 14.0. The SMILES string of the molecule is Cc1cc(/C=C/C(=O)NOPI)ccc1-c1ccc(-n2ccnc2)cc1. The highest BCUT2D eigenvalue weighted by Gasteiger charge is 2.04. The molecule has 5 nitrogen and oxygen atoms in total. The summed E-state index contributed by atoms with van der Waals surface area (Å²) in [5.41, 5.74) is 7.84. The summed E-state index contributed by atoms with van der Waals surface area (Å²) in [6.07, 6.45) is 8.70. The van der Waals surface area contributed by atoms with Crippen LogP contribution in [0.2, 0.25) is 0 Å². The average molecular weight is 477 g/mol. The van der Waals surface area contributed by atoms with Gasteiger partial charge < -0.3 is 4.57 Å². The van der Waals surface area contributed by atoms with Gasteiger partial charge in [-0.2, -0.15) is 0 Å². The first-order valence-electron chi connectivity index (χ1n) is 7.86. The van der Waals surface area contributed by atoms with Gasteiger partial charge in [-0.05, 0) is 69.4 Å². The van der Waals surface area contributed by atoms with Crippen LogP contribution in [0.4, 0.5) is 0 Å². The molecule has 1 amide bonds. The van der Waals surface area contributed by atoms with E-state index in [0.29, 0.717) is 0 Å². The van der Waals surface area contributed by atoms with Gasteiger partial charge in [-0.1, -0.05) is 30.3 Å². The van der Waals surface area contributed by atoms with Gasteiger partial charge >= 0.3 is 0 Å². The minimum atomic E-state index is -0.272. The van der Waals surface area contributed by atoms with Crippen LogP contribution in [0.15, 0.2) is 67.3 Å². The Kier molecular flexibility index (Phi) is 6.55. The Balaban J connectivity index is 1.75. The lowest BCUT2D eigenvalue weighted by molar-refractivity contribution is -0.122. The zero-order chi connectivity index (χ0) is 18.4. The van der Waals surface area contributed by atoms with Crippen molar-refractivity contribution in [1.29, 1.82) is 0 Å². The summed E-state index contributed by atoms with van der Waals surface area (Å²) in [5.74, 6) is -0.272. The molecule has 1 atom stereocenters. The molecular formula is C19H17IN3O2P. The van der Waals surface area contributed by atoms with Gasteiger partial charge in [-0.3, -0.25) is 4.79 Å². The third-order valence-corrected chi connectivity index (χ3v) is 4.69. The normalized spacial score (nSPS) is 11.5. The largest absolute Gasteiger partial charge is 0.306 e. The molecule has 0 aliphatic rings. The van der Waals surface area contributed by atoms with Crippen LogP contribution in [0, 0.1) is 6.92 Å². The Morgan fingerprint density at radius 3 is 2.73 bits per heavy atom. The predicted molar refractivity (Wildman–Crippen MR) is 114 cm³/mol. The molecule has 7 heteroatoms. The average Bonchev–Trinajstić information content (AvgIpc) is 3.20. The number of carbonyl (C=O) groups is 1. The van der Waals surface area contributed by atoms with Gasteiger partial charge in [0.25, 0.3) is 5.91 Å². The Morgan fingerprint density at radius 2 is 2.08 bits per heavy atom. The molecule has 132 valence electrons. The Bertz CT molecular complexity index is 909. The molecule has 0 bridgehead atoms. The van der Waals surface area contributed by atoms with Crippen LogP contribution in [0.3, 0.4) is 0 Å². The van der Waals surface area contributed by atoms with Gasteiger partial charge in [-0.15, -0.1) is 0 Å². The Morgan fingerprint density at radius 1 is 1.27 bits per heavy atom. The third kappa shape index (κ3) is 4.78. The highest BCUT2D eigenvalue weighted by molar-refractivity contribution is 14.2. The molecule has 0 aliphatic heterocycles. The highest BCUT2D eigenvalue weighted by atomic mass is 127. The summed E-state index contributed by atoms with van der Waals surface area (Å²) in [4.78, 5) is 15.6. The van der Waals surface area contributed by atoms with Crippen molar-refractivity contribution in [2.45, 2.75) is 6.92 Å². The molecule has 0 spiro atoms. The van der Waals surface area contributed by atoms with E-state index in [1.165, 1.54) is 11.6 Å². The molecule has 1 heterocycles. The molecule has 3 rings (SSSR count). The number of hydroxylamine groups is 1. The molecule has 1 unspecified atom stereocenters. The molecule has 0 fully saturated rings. The van der Waals surface area contributed by atoms with E-state index in [2.05, 4.69) is 53.8 Å². The molecule has 2 aromatic carbocycles. The number of imidazole rings is 1. The molecule has 0 saturated heterocycles. The lowest BCUT2D eigenvalue weighted by Gasteiger charge is -2.09. The Labute approximate surface area is 166 Å². The zero-order valence-corrected chi connectivity index (χ0v) is 17.2. The second-order valence-electron chi connectivity index (χ2n) is 5.57. The van der Waals surface area contributed by atoms with Gasteiger partial charge in [-0.25, -0.2) is 15.1 Å². The van der Waals surface area contributed by atoms with E-state index in [9.17, 15) is 4.79 Å². The molecular weight excluding hydrogens is 460 g/mol. The van der Waals surface area contributed by atoms with E-state index in [1.807, 2.05) is 38.9 Å². The first-order valence-corrected chi connectivity index (χ1v) is 11.9. The van der Waals surface area contributed by atoms with Gasteiger partial charge in [0, 0.05) is 24.2 Å². The molecule has 1 N–H and O–H groups in total. The van der Waals surface area contributed by atoms with Crippen molar-refractivity contribution in [2.75, 3.05) is 0 Å². The van der Waals surface area contributed by atoms with Gasteiger partial charge in [0.1, 0.15) is 6.45 Å². The smallest absolute Gasteiger partial charge is 0.267 e. The van der Waals surface area contributed by atoms with E-state index in [1.54, 1.807) is 18.6 Å². The van der Waals surface area contributed by atoms with Crippen molar-refractivity contribution in [3.05, 3.63) is 78.4 Å². The Hall–Kier alpha value is -2.02. The molecule has 26 heavy (non-hydrogen) atoms. The predicted octanol–water partition coefficient (Wildman–Crippen LogP) is 4.85. The van der Waals surface area contributed by atoms with Crippen LogP contribution in [0.1, 0.15) is 11.1 Å². The van der Waals surface area contributed by atoms with E-state index >= 15 is 0 Å². The molecule has 0 aliphatic carbocycles. The van der Waals surface area contributed by atoms with Gasteiger partial charge in [0.05, 0.1) is 6.33 Å². The number of hydrogen-bond acceptors (Lipinski definition) is 3. The number of amides is 1. The van der Waals surface area contributed by atoms with Crippen molar-refractivity contribution in [2.24, 2.45) is 0 Å². The van der Waals surface area contributed by atoms with Crippen LogP contribution < -0.4 is 5.48 Å². The number of aryl methyl sites for hydroxylation is 1. The summed E-state index contributed by atoms with van der Waals surface area (Å²) in [7, 11) is 0. The number of hydrogen-bond donors (Lipinski definition) is 1. The summed E-state index contributed by atoms with van der Waals surface area (Å²) in [6, 6.07) is 14.5. The standard InChI is InChI=1S/C19H17IN3O2P/c1-14-12-15(3-9-19(24)22-25-26-20)2-8-18(14)16-4-6-17(7-5-16)23-11-10-21-13-23/h2-13,26H,1H3,(H,22,24)/b9-3+. The topological polar surface area (TPSA) is 56.1 Å². The van der Waals surface area contributed by atoms with Crippen LogP contribution in [-0.4, -0.2) is 15.5 Å². The van der Waals surface area contributed by atoms with E-state index in [4.69, 9.17) is 4.62 Å². The fourth-order valence-corrected chi connectivity index (χ4v) is 3.08. The lowest BCUT2D eigenvalue weighted by Crippen LogP contribution is -2.16. The molecule has 0 saturated carbocycles. The number of nitrogens with one attached hydrogen (secondary N) is 1. The number of rotatable bonds is 6. The number of carbonyl (C=O) groups excluding carboxylic acids is 1. The maximum absolute atomic E-state index is 11.5. The van der Waals surface area contributed by atoms with Crippen LogP contribution in [-0.2, 0) is 9.42 Å². The molecule has 0 radical (unpaired) electrons. The summed E-state index contributed by atoms with van der Waals surface area (Å²) in [6.45, 7) is 2.26. The number of aromatic nitrogens is 2. The summed E-state index contributed by atoms with van der Waals surface area (Å²) < 4.78 is 6.85. The number of benzene rings is 2. The first-order chi connectivity index (χ1) is 12.7. The minimum Gasteiger partial charge on any atom is -0.306 e. The third-order valence-electron chi connectivity index (χ3n) is 3.85. The highest BCUT2D eigenvalue weighted by Crippen LogP contribution is 2.26. The van der Waals surface area contributed by atoms with E-state index in [-0.39, 0.29) is 12.4 Å². The number of nitrogens with zero attached hydrogens (tertiary/aromatic N) is 2. The van der Waals surface area contributed by atoms with Crippen LogP contribution >= 0.6 is 28.5 Å². The quantitative estimate of drug-likeness (QED) is 0.239. The van der Waals surface area contributed by atoms with Crippen molar-refractivity contribution < 1.29 is 9.42 Å². The maximum atomic E-state index is 11.5. The van der Waals surface area contributed by atoms with E-state index < -0.39 is 0 Å². The maximum Gasteiger partial charge on any atom is 0.267 e. The van der Waals surface area contributed by atoms with Crippen molar-refractivity contribution in [3.8, 4) is 16.8 Å². The second-order valence-corrected chi connectivity index (χ2v) is 7.25. The van der Waals surface area contributed by atoms with E-state index in [0.717, 1.165) is 22.4 Å². The monoisotopic (exact) mass is 477 g/mol. The fourth-order valence-electron chi connectivity index (χ4n) is 2.61. The van der Waals surface area contributed by atoms with Crippen LogP contribution in [0.5, 0.6) is 0 Å². The van der Waals surface area contributed by atoms with Crippen LogP contribution in [0.25, 0.3) is 22.9 Å². The lowest BCUT2D eigenvalue weighted by atomic mass is 9.98. The van der Waals surface area contributed by atoms with Gasteiger partial charge in [0.2, 0.25) is 0 Å².